The number of nitrogens with one attached hydrogen (secondary N) is 3. The van der Waals surface area contributed by atoms with E-state index in [0.717, 1.165) is 24.6 Å². The maximum atomic E-state index is 12.0. The number of hydrogen-bond donors (Lipinski definition) is 4. The average molecular weight is 422 g/mol. The van der Waals surface area contributed by atoms with Crippen molar-refractivity contribution >= 4 is 17.8 Å². The molecule has 0 saturated heterocycles. The van der Waals surface area contributed by atoms with Gasteiger partial charge in [-0.15, -0.1) is 0 Å². The van der Waals surface area contributed by atoms with Gasteiger partial charge in [0.15, 0.2) is 5.96 Å². The molecule has 2 aromatic carbocycles. The summed E-state index contributed by atoms with van der Waals surface area (Å²) in [5.74, 6) is -0.109. The second-order valence-electron chi connectivity index (χ2n) is 7.89. The molecule has 164 valence electrons. The number of primary amides is 1. The molecule has 31 heavy (non-hydrogen) atoms. The molecule has 7 nitrogen and oxygen atoms in total. The first-order valence-electron chi connectivity index (χ1n) is 10.8. The average Bonchev–Trinajstić information content (AvgIpc) is 2.76. The summed E-state index contributed by atoms with van der Waals surface area (Å²) >= 11 is 0. The summed E-state index contributed by atoms with van der Waals surface area (Å²) < 4.78 is 0. The number of benzene rings is 2. The van der Waals surface area contributed by atoms with Gasteiger partial charge in [0, 0.05) is 24.1 Å². The molecule has 5 N–H and O–H groups in total. The molecule has 7 heteroatoms. The van der Waals surface area contributed by atoms with Crippen LogP contribution in [0.2, 0.25) is 0 Å². The highest BCUT2D eigenvalue weighted by atomic mass is 16.2. The van der Waals surface area contributed by atoms with Crippen LogP contribution in [0.15, 0.2) is 59.6 Å². The molecule has 0 atom stereocenters. The predicted molar refractivity (Wildman–Crippen MR) is 123 cm³/mol. The molecule has 1 saturated carbocycles. The van der Waals surface area contributed by atoms with Crippen LogP contribution in [-0.2, 0) is 16.8 Å². The summed E-state index contributed by atoms with van der Waals surface area (Å²) in [4.78, 5) is 27.5. The van der Waals surface area contributed by atoms with Gasteiger partial charge < -0.3 is 21.7 Å². The summed E-state index contributed by atoms with van der Waals surface area (Å²) in [5.41, 5.74) is 8.09. The van der Waals surface area contributed by atoms with Crippen molar-refractivity contribution in [1.29, 1.82) is 0 Å². The van der Waals surface area contributed by atoms with Crippen LogP contribution in [0.4, 0.5) is 0 Å². The van der Waals surface area contributed by atoms with Gasteiger partial charge in [0.05, 0.1) is 13.1 Å². The van der Waals surface area contributed by atoms with Crippen LogP contribution >= 0.6 is 0 Å². The Morgan fingerprint density at radius 2 is 1.71 bits per heavy atom. The number of amides is 2. The second kappa shape index (κ2) is 10.6. The number of guanidine groups is 1. The quantitative estimate of drug-likeness (QED) is 0.367. The molecule has 0 spiro atoms. The van der Waals surface area contributed by atoms with E-state index in [1.54, 1.807) is 12.1 Å². The van der Waals surface area contributed by atoms with Crippen LogP contribution in [0.5, 0.6) is 0 Å². The van der Waals surface area contributed by atoms with Gasteiger partial charge in [0.1, 0.15) is 0 Å². The maximum absolute atomic E-state index is 12.0. The zero-order valence-corrected chi connectivity index (χ0v) is 18.0. The molecule has 2 aromatic rings. The lowest BCUT2D eigenvalue weighted by Crippen LogP contribution is -2.48. The normalized spacial score (nSPS) is 14.9. The van der Waals surface area contributed by atoms with Gasteiger partial charge in [0.25, 0.3) is 5.91 Å². The van der Waals surface area contributed by atoms with E-state index in [9.17, 15) is 9.59 Å². The molecule has 0 radical (unpaired) electrons. The minimum atomic E-state index is -0.571. The number of carbonyl (C=O) groups is 2. The first kappa shape index (κ1) is 22.3. The molecular weight excluding hydrogens is 390 g/mol. The molecule has 2 amide bonds. The Morgan fingerprint density at radius 3 is 2.29 bits per heavy atom. The Morgan fingerprint density at radius 1 is 1.00 bits per heavy atom. The van der Waals surface area contributed by atoms with Crippen LogP contribution in [-0.4, -0.2) is 37.4 Å². The lowest BCUT2D eigenvalue weighted by Gasteiger charge is -2.43. The Hall–Kier alpha value is -3.35. The van der Waals surface area contributed by atoms with Crippen LogP contribution < -0.4 is 21.7 Å². The third-order valence-corrected chi connectivity index (χ3v) is 5.69. The zero-order valence-electron chi connectivity index (χ0n) is 18.0. The lowest BCUT2D eigenvalue weighted by atomic mass is 9.64. The van der Waals surface area contributed by atoms with Crippen LogP contribution in [0.1, 0.15) is 47.7 Å². The van der Waals surface area contributed by atoms with Crippen molar-refractivity contribution in [3.8, 4) is 0 Å². The number of nitrogens with two attached hydrogens (primary N) is 1. The minimum absolute atomic E-state index is 0.174. The Bertz CT molecular complexity index is 905. The molecule has 0 aromatic heterocycles. The first-order chi connectivity index (χ1) is 15.0. The van der Waals surface area contributed by atoms with E-state index < -0.39 is 5.91 Å². The third-order valence-electron chi connectivity index (χ3n) is 5.69. The Labute approximate surface area is 183 Å². The summed E-state index contributed by atoms with van der Waals surface area (Å²) in [6.07, 6.45) is 3.62. The summed E-state index contributed by atoms with van der Waals surface area (Å²) in [5, 5.41) is 9.31. The fourth-order valence-corrected chi connectivity index (χ4v) is 3.76. The first-order valence-corrected chi connectivity index (χ1v) is 10.8. The van der Waals surface area contributed by atoms with Crippen molar-refractivity contribution in [1.82, 2.24) is 16.0 Å². The second-order valence-corrected chi connectivity index (χ2v) is 7.89. The van der Waals surface area contributed by atoms with Gasteiger partial charge in [-0.1, -0.05) is 48.9 Å². The smallest absolute Gasteiger partial charge is 0.251 e. The maximum Gasteiger partial charge on any atom is 0.251 e. The highest BCUT2D eigenvalue weighted by molar-refractivity contribution is 5.96. The molecule has 0 bridgehead atoms. The standard InChI is InChI=1S/C24H31N5O2/c1-2-26-23(29-17-24(13-6-14-24)20-7-4-3-5-8-20)28-15-18-9-11-19(12-10-18)22(31)27-16-21(25)30/h3-5,7-12H,2,6,13-17H2,1H3,(H2,25,30)(H,27,31)(H2,26,28,29). The summed E-state index contributed by atoms with van der Waals surface area (Å²) in [6, 6.07) is 17.9. The molecule has 1 fully saturated rings. The van der Waals surface area contributed by atoms with E-state index in [2.05, 4.69) is 46.3 Å². The lowest BCUT2D eigenvalue weighted by molar-refractivity contribution is -0.117. The van der Waals surface area contributed by atoms with Crippen LogP contribution in [0.25, 0.3) is 0 Å². The van der Waals surface area contributed by atoms with Gasteiger partial charge in [-0.25, -0.2) is 4.99 Å². The van der Waals surface area contributed by atoms with E-state index in [0.29, 0.717) is 12.1 Å². The topological polar surface area (TPSA) is 109 Å². The Kier molecular flexibility index (Phi) is 7.65. The van der Waals surface area contributed by atoms with Gasteiger partial charge in [0.2, 0.25) is 5.91 Å². The summed E-state index contributed by atoms with van der Waals surface area (Å²) in [6.45, 7) is 4.00. The molecule has 0 unspecified atom stereocenters. The van der Waals surface area contributed by atoms with Crippen molar-refractivity contribution in [2.75, 3.05) is 19.6 Å². The van der Waals surface area contributed by atoms with Crippen molar-refractivity contribution in [2.45, 2.75) is 38.1 Å². The number of nitrogens with zero attached hydrogens (tertiary/aromatic N) is 1. The fourth-order valence-electron chi connectivity index (χ4n) is 3.76. The molecule has 3 rings (SSSR count). The third kappa shape index (κ3) is 6.07. The number of hydrogen-bond acceptors (Lipinski definition) is 3. The summed E-state index contributed by atoms with van der Waals surface area (Å²) in [7, 11) is 0. The van der Waals surface area contributed by atoms with Crippen LogP contribution in [0.3, 0.4) is 0 Å². The van der Waals surface area contributed by atoms with Crippen LogP contribution in [0, 0.1) is 0 Å². The molecule has 1 aliphatic rings. The molecular formula is C24H31N5O2. The zero-order chi connectivity index (χ0) is 22.1. The minimum Gasteiger partial charge on any atom is -0.368 e. The van der Waals surface area contributed by atoms with Gasteiger partial charge >= 0.3 is 0 Å². The van der Waals surface area contributed by atoms with Gasteiger partial charge in [-0.2, -0.15) is 0 Å². The highest BCUT2D eigenvalue weighted by Crippen LogP contribution is 2.43. The SMILES string of the molecule is CCNC(=NCc1ccc(C(=O)NCC(N)=O)cc1)NCC1(c2ccccc2)CCC1. The monoisotopic (exact) mass is 421 g/mol. The molecule has 1 aliphatic carbocycles. The largest absolute Gasteiger partial charge is 0.368 e. The van der Waals surface area contributed by atoms with E-state index in [1.807, 2.05) is 19.1 Å². The van der Waals surface area contributed by atoms with E-state index in [4.69, 9.17) is 10.7 Å². The van der Waals surface area contributed by atoms with E-state index >= 15 is 0 Å². The predicted octanol–water partition coefficient (Wildman–Crippen LogP) is 2.08. The fraction of sp³-hybridized carbons (Fsp3) is 0.375. The van der Waals surface area contributed by atoms with E-state index in [1.165, 1.54) is 24.8 Å². The number of carbonyl (C=O) groups excluding carboxylic acids is 2. The van der Waals surface area contributed by atoms with Crippen molar-refractivity contribution in [3.63, 3.8) is 0 Å². The van der Waals surface area contributed by atoms with Crippen molar-refractivity contribution in [2.24, 2.45) is 10.7 Å². The van der Waals surface area contributed by atoms with Crippen molar-refractivity contribution < 1.29 is 9.59 Å². The van der Waals surface area contributed by atoms with Gasteiger partial charge in [-0.3, -0.25) is 9.59 Å². The van der Waals surface area contributed by atoms with Crippen molar-refractivity contribution in [3.05, 3.63) is 71.3 Å². The molecule has 0 heterocycles. The highest BCUT2D eigenvalue weighted by Gasteiger charge is 2.38. The number of aliphatic imine (C=N–C) groups is 1. The van der Waals surface area contributed by atoms with E-state index in [-0.39, 0.29) is 17.9 Å². The van der Waals surface area contributed by atoms with Gasteiger partial charge in [-0.05, 0) is 43.0 Å². The number of rotatable bonds is 9. The Balaban J connectivity index is 1.59. The molecule has 0 aliphatic heterocycles.